The second kappa shape index (κ2) is 82.6. The molecule has 0 saturated carbocycles. The van der Waals surface area contributed by atoms with E-state index in [9.17, 15) is 19.5 Å². The fraction of sp³-hybridized carbons (Fsp3) is 0.691. The van der Waals surface area contributed by atoms with Gasteiger partial charge in [0.2, 0.25) is 0 Å². The molecule has 0 aromatic heterocycles. The van der Waals surface area contributed by atoms with Gasteiger partial charge in [0.1, 0.15) is 13.2 Å². The summed E-state index contributed by atoms with van der Waals surface area (Å²) in [6, 6.07) is 0. The van der Waals surface area contributed by atoms with Crippen molar-refractivity contribution < 1.29 is 42.9 Å². The van der Waals surface area contributed by atoms with Crippen LogP contribution < -0.4 is 0 Å². The van der Waals surface area contributed by atoms with Crippen molar-refractivity contribution in [2.24, 2.45) is 0 Å². The van der Waals surface area contributed by atoms with E-state index in [0.29, 0.717) is 23.9 Å². The Hall–Kier alpha value is -5.09. The van der Waals surface area contributed by atoms with Crippen LogP contribution in [0, 0.1) is 0 Å². The third kappa shape index (κ3) is 84.1. The maximum absolute atomic E-state index is 13.0. The number of nitrogens with zero attached hydrogens (tertiary/aromatic N) is 1. The van der Waals surface area contributed by atoms with E-state index < -0.39 is 24.3 Å². The lowest BCUT2D eigenvalue weighted by atomic mass is 10.0. The van der Waals surface area contributed by atoms with Crippen LogP contribution in [0.3, 0.4) is 0 Å². The van der Waals surface area contributed by atoms with Crippen LogP contribution in [0.15, 0.2) is 158 Å². The molecule has 0 rings (SSSR count). The Bertz CT molecular complexity index is 2270. The van der Waals surface area contributed by atoms with Gasteiger partial charge in [-0.05, 0) is 128 Å². The molecule has 0 aliphatic heterocycles. The second-order valence-corrected chi connectivity index (χ2v) is 29.4. The molecule has 588 valence electrons. The predicted octanol–water partition coefficient (Wildman–Crippen LogP) is 27.9. The van der Waals surface area contributed by atoms with Gasteiger partial charge in [0.15, 0.2) is 6.10 Å². The van der Waals surface area contributed by atoms with Crippen LogP contribution in [-0.4, -0.2) is 87.4 Å². The van der Waals surface area contributed by atoms with E-state index in [0.717, 1.165) is 122 Å². The molecular formula is C94H160NO8+. The summed E-state index contributed by atoms with van der Waals surface area (Å²) in [4.78, 5) is 37.8. The Morgan fingerprint density at radius 1 is 0.301 bits per heavy atom. The molecule has 2 atom stereocenters. The SMILES string of the molecule is CC/C=C\C/C=C\C/C=C\C/C=C\C/C=C\C/C=C\C/C=C\C/C=C\C/C=C\C/C=C\C/C=C\CCCCCCCCCC(=O)OC(COC(=O)CCCCCCCCCCCCCCCCCCCCCCCCCCC/C=C\C/C=C\CCCCCCC)COC(OCC[N+](C)(C)C)C(=O)O. The number of carboxylic acid groups (broad SMARTS) is 1. The number of carbonyl (C=O) groups is 3. The summed E-state index contributed by atoms with van der Waals surface area (Å²) in [5, 5.41) is 9.79. The van der Waals surface area contributed by atoms with Gasteiger partial charge in [0, 0.05) is 12.8 Å². The molecule has 0 aliphatic rings. The van der Waals surface area contributed by atoms with Crippen LogP contribution in [0.1, 0.15) is 361 Å². The normalized spacial score (nSPS) is 13.4. The van der Waals surface area contributed by atoms with Gasteiger partial charge in [-0.25, -0.2) is 4.79 Å². The van der Waals surface area contributed by atoms with E-state index in [-0.39, 0.29) is 32.2 Å². The smallest absolute Gasteiger partial charge is 0.361 e. The summed E-state index contributed by atoms with van der Waals surface area (Å²) in [7, 11) is 5.98. The molecule has 0 amide bonds. The van der Waals surface area contributed by atoms with Crippen LogP contribution in [0.2, 0.25) is 0 Å². The maximum Gasteiger partial charge on any atom is 0.361 e. The predicted molar refractivity (Wildman–Crippen MR) is 447 cm³/mol. The number of quaternary nitrogens is 1. The topological polar surface area (TPSA) is 108 Å². The van der Waals surface area contributed by atoms with Crippen LogP contribution in [0.4, 0.5) is 0 Å². The first kappa shape index (κ1) is 97.9. The molecular weight excluding hydrogens is 1270 g/mol. The monoisotopic (exact) mass is 1430 g/mol. The molecule has 9 nitrogen and oxygen atoms in total. The van der Waals surface area contributed by atoms with Gasteiger partial charge >= 0.3 is 17.9 Å². The first-order chi connectivity index (χ1) is 50.6. The minimum Gasteiger partial charge on any atom is -0.477 e. The Morgan fingerprint density at radius 2 is 0.553 bits per heavy atom. The van der Waals surface area contributed by atoms with Crippen LogP contribution in [0.5, 0.6) is 0 Å². The number of rotatable bonds is 78. The van der Waals surface area contributed by atoms with Gasteiger partial charge in [-0.1, -0.05) is 377 Å². The van der Waals surface area contributed by atoms with Crippen molar-refractivity contribution in [2.45, 2.75) is 373 Å². The molecule has 103 heavy (non-hydrogen) atoms. The second-order valence-electron chi connectivity index (χ2n) is 29.4. The summed E-state index contributed by atoms with van der Waals surface area (Å²) < 4.78 is 23.0. The Morgan fingerprint density at radius 3 is 0.825 bits per heavy atom. The number of ether oxygens (including phenoxy) is 4. The molecule has 0 bridgehead atoms. The first-order valence-corrected chi connectivity index (χ1v) is 42.6. The van der Waals surface area contributed by atoms with Gasteiger partial charge in [-0.2, -0.15) is 0 Å². The fourth-order valence-electron chi connectivity index (χ4n) is 11.8. The number of hydrogen-bond donors (Lipinski definition) is 1. The molecule has 0 saturated heterocycles. The lowest BCUT2D eigenvalue weighted by Gasteiger charge is -2.25. The summed E-state index contributed by atoms with van der Waals surface area (Å²) >= 11 is 0. The zero-order chi connectivity index (χ0) is 74.6. The molecule has 9 heteroatoms. The molecule has 0 heterocycles. The van der Waals surface area contributed by atoms with Crippen molar-refractivity contribution >= 4 is 17.9 Å². The summed E-state index contributed by atoms with van der Waals surface area (Å²) in [5.41, 5.74) is 0. The number of unbranched alkanes of at least 4 members (excludes halogenated alkanes) is 37. The highest BCUT2D eigenvalue weighted by atomic mass is 16.7. The highest BCUT2D eigenvalue weighted by molar-refractivity contribution is 5.71. The van der Waals surface area contributed by atoms with Crippen molar-refractivity contribution in [1.29, 1.82) is 0 Å². The van der Waals surface area contributed by atoms with E-state index in [1.54, 1.807) is 0 Å². The number of esters is 2. The van der Waals surface area contributed by atoms with Gasteiger partial charge in [-0.15, -0.1) is 0 Å². The Kier molecular flexibility index (Phi) is 78.5. The lowest BCUT2D eigenvalue weighted by molar-refractivity contribution is -0.870. The molecule has 0 aromatic rings. The van der Waals surface area contributed by atoms with Gasteiger partial charge in [-0.3, -0.25) is 9.59 Å². The van der Waals surface area contributed by atoms with Crippen molar-refractivity contribution in [1.82, 2.24) is 0 Å². The standard InChI is InChI=1S/C94H159NO8/c1-6-8-10-12-14-16-18-20-22-24-26-28-30-32-34-36-38-40-42-44-45-46-47-49-51-53-55-57-59-61-63-65-67-69-71-73-75-77-79-81-83-85-92(97)103-90(89-102-94(93(98)99)100-87-86-95(3,4)5)88-101-91(96)84-82-80-78-76-74-72-70-68-66-64-62-60-58-56-54-52-50-48-43-41-39-37-35-33-31-29-27-25-23-21-19-17-15-13-11-9-7-2/h8,10,14,16,19-22,25-28,32,34,38,40,44-45,47,49,53,55,59,61,65,67,90,94H,6-7,9,11-13,15,17-18,23-24,29-31,33,35-37,39,41-43,46,48,50-52,54,56-58,60,62-64,66,68-89H2,1-5H3/p+1/b10-8-,16-14-,21-19-,22-20-,27-25-,28-26-,34-32-,40-38-,45-44-,49-47-,55-53-,61-59-,67-65-. The molecule has 0 aliphatic carbocycles. The Labute approximate surface area is 635 Å². The molecule has 0 fully saturated rings. The fourth-order valence-corrected chi connectivity index (χ4v) is 11.8. The third-order valence-corrected chi connectivity index (χ3v) is 18.3. The average molecular weight is 1430 g/mol. The summed E-state index contributed by atoms with van der Waals surface area (Å²) in [6.45, 7) is 4.76. The number of hydrogen-bond acceptors (Lipinski definition) is 7. The first-order valence-electron chi connectivity index (χ1n) is 42.6. The Balaban J connectivity index is 4.07. The summed E-state index contributed by atoms with van der Waals surface area (Å²) in [5.74, 6) is -2.02. The number of allylic oxidation sites excluding steroid dienone is 26. The van der Waals surface area contributed by atoms with E-state index in [1.165, 1.54) is 205 Å². The minimum absolute atomic E-state index is 0.180. The van der Waals surface area contributed by atoms with Crippen molar-refractivity contribution in [3.8, 4) is 0 Å². The van der Waals surface area contributed by atoms with E-state index in [2.05, 4.69) is 172 Å². The van der Waals surface area contributed by atoms with Crippen molar-refractivity contribution in [3.63, 3.8) is 0 Å². The third-order valence-electron chi connectivity index (χ3n) is 18.3. The maximum atomic E-state index is 13.0. The van der Waals surface area contributed by atoms with Gasteiger partial charge in [0.05, 0.1) is 34.4 Å². The van der Waals surface area contributed by atoms with E-state index in [1.807, 2.05) is 21.1 Å². The lowest BCUT2D eigenvalue weighted by Crippen LogP contribution is -2.40. The molecule has 0 radical (unpaired) electrons. The molecule has 2 unspecified atom stereocenters. The van der Waals surface area contributed by atoms with Crippen LogP contribution in [0.25, 0.3) is 0 Å². The molecule has 1 N–H and O–H groups in total. The molecule has 0 aromatic carbocycles. The van der Waals surface area contributed by atoms with Gasteiger partial charge in [0.25, 0.3) is 6.29 Å². The van der Waals surface area contributed by atoms with Crippen LogP contribution in [-0.2, 0) is 33.3 Å². The van der Waals surface area contributed by atoms with E-state index in [4.69, 9.17) is 18.9 Å². The number of likely N-dealkylation sites (N-methyl/N-ethyl adjacent to an activating group) is 1. The number of carboxylic acids is 1. The zero-order valence-electron chi connectivity index (χ0n) is 67.4. The van der Waals surface area contributed by atoms with Gasteiger partial charge < -0.3 is 28.5 Å². The van der Waals surface area contributed by atoms with Crippen molar-refractivity contribution in [2.75, 3.05) is 47.5 Å². The number of aliphatic carboxylic acids is 1. The minimum atomic E-state index is -1.52. The van der Waals surface area contributed by atoms with E-state index >= 15 is 0 Å². The summed E-state index contributed by atoms with van der Waals surface area (Å²) in [6.07, 6.45) is 120. The molecule has 0 spiro atoms. The van der Waals surface area contributed by atoms with Crippen LogP contribution >= 0.6 is 0 Å². The highest BCUT2D eigenvalue weighted by Crippen LogP contribution is 2.19. The average Bonchev–Trinajstić information content (AvgIpc) is 1.01. The largest absolute Gasteiger partial charge is 0.477 e. The number of carbonyl (C=O) groups excluding carboxylic acids is 2. The highest BCUT2D eigenvalue weighted by Gasteiger charge is 2.25. The quantitative estimate of drug-likeness (QED) is 0.0211. The zero-order valence-corrected chi connectivity index (χ0v) is 67.4. The van der Waals surface area contributed by atoms with Crippen molar-refractivity contribution in [3.05, 3.63) is 158 Å².